The highest BCUT2D eigenvalue weighted by Gasteiger charge is 2.37. The van der Waals surface area contributed by atoms with Gasteiger partial charge in [0.15, 0.2) is 11.1 Å². The minimum absolute atomic E-state index is 0.0348. The molecule has 2 aliphatic heterocycles. The highest BCUT2D eigenvalue weighted by atomic mass is 32.2. The molecule has 18 heteroatoms. The van der Waals surface area contributed by atoms with E-state index in [2.05, 4.69) is 18.9 Å². The molecule has 0 saturated carbocycles. The van der Waals surface area contributed by atoms with E-state index in [0.29, 0.717) is 47.0 Å². The van der Waals surface area contributed by atoms with Crippen molar-refractivity contribution in [2.75, 3.05) is 41.7 Å². The van der Waals surface area contributed by atoms with Crippen LogP contribution in [-0.2, 0) is 57.2 Å². The summed E-state index contributed by atoms with van der Waals surface area (Å²) in [6.45, 7) is -1.07. The Kier molecular flexibility index (Phi) is 12.2. The van der Waals surface area contributed by atoms with Gasteiger partial charge in [0.2, 0.25) is 0 Å². The fourth-order valence-electron chi connectivity index (χ4n) is 2.47. The van der Waals surface area contributed by atoms with Crippen molar-refractivity contribution in [3.63, 3.8) is 0 Å². The molecule has 0 N–H and O–H groups in total. The lowest BCUT2D eigenvalue weighted by atomic mass is 10.3. The summed E-state index contributed by atoms with van der Waals surface area (Å²) in [6.07, 6.45) is 0. The van der Waals surface area contributed by atoms with E-state index in [1.54, 1.807) is 12.1 Å². The third-order valence-corrected chi connectivity index (χ3v) is 9.38. The predicted octanol–water partition coefficient (Wildman–Crippen LogP) is 1.62. The van der Waals surface area contributed by atoms with Crippen LogP contribution in [0.3, 0.4) is 0 Å². The summed E-state index contributed by atoms with van der Waals surface area (Å²) in [7, 11) is 4.34. The Morgan fingerprint density at radius 2 is 0.800 bits per heavy atom. The van der Waals surface area contributed by atoms with Gasteiger partial charge in [-0.3, -0.25) is 0 Å². The normalized spacial score (nSPS) is 14.1. The van der Waals surface area contributed by atoms with E-state index < -0.39 is 60.2 Å². The van der Waals surface area contributed by atoms with Crippen molar-refractivity contribution < 1.29 is 57.2 Å². The molecule has 2 aliphatic rings. The van der Waals surface area contributed by atoms with Gasteiger partial charge in [0.05, 0.1) is 36.9 Å². The van der Waals surface area contributed by atoms with E-state index in [1.165, 1.54) is 0 Å². The molecule has 0 spiro atoms. The van der Waals surface area contributed by atoms with Gasteiger partial charge in [0.25, 0.3) is 0 Å². The number of methoxy groups -OCH3 is 4. The van der Waals surface area contributed by atoms with Crippen LogP contribution in [0.2, 0.25) is 0 Å². The van der Waals surface area contributed by atoms with E-state index in [4.69, 9.17) is 9.47 Å². The molecule has 0 amide bonds. The first-order valence-electron chi connectivity index (χ1n) is 10.2. The first-order chi connectivity index (χ1) is 19.1. The minimum atomic E-state index is -1.14. The topological polar surface area (TPSA) is 205 Å². The van der Waals surface area contributed by atoms with Crippen LogP contribution in [0.1, 0.15) is 0 Å². The second-order valence-corrected chi connectivity index (χ2v) is 11.1. The molecule has 0 aromatic heterocycles. The van der Waals surface area contributed by atoms with Gasteiger partial charge < -0.3 is 28.4 Å². The molecule has 0 bridgehead atoms. The molecule has 2 heterocycles. The Morgan fingerprint density at radius 1 is 0.550 bits per heavy atom. The summed E-state index contributed by atoms with van der Waals surface area (Å²) < 4.78 is 28.3. The summed E-state index contributed by atoms with van der Waals surface area (Å²) in [5.41, 5.74) is -1.06. The Labute approximate surface area is 243 Å². The van der Waals surface area contributed by atoms with E-state index in [0.717, 1.165) is 28.4 Å². The number of thioether (sulfide) groups is 4. The molecule has 0 aromatic carbocycles. The molecule has 210 valence electrons. The van der Waals surface area contributed by atoms with Gasteiger partial charge in [0.1, 0.15) is 45.0 Å². The number of ether oxygens (including phenoxy) is 6. The molecule has 0 aliphatic carbocycles. The van der Waals surface area contributed by atoms with Crippen molar-refractivity contribution in [3.8, 4) is 12.1 Å². The van der Waals surface area contributed by atoms with E-state index in [-0.39, 0.29) is 28.1 Å². The van der Waals surface area contributed by atoms with Gasteiger partial charge in [-0.15, -0.1) is 0 Å². The second-order valence-electron chi connectivity index (χ2n) is 6.51. The molecule has 40 heavy (non-hydrogen) atoms. The third-order valence-electron chi connectivity index (χ3n) is 4.26. The second kappa shape index (κ2) is 15.1. The van der Waals surface area contributed by atoms with Crippen LogP contribution in [0, 0.1) is 22.7 Å². The number of carbonyl (C=O) groups excluding carboxylic acids is 6. The molecule has 0 aromatic rings. The molecule has 0 saturated heterocycles. The summed E-state index contributed by atoms with van der Waals surface area (Å²) in [6, 6.07) is 3.28. The number of hydrogen-bond donors (Lipinski definition) is 0. The Morgan fingerprint density at radius 3 is 1.00 bits per heavy atom. The quantitative estimate of drug-likeness (QED) is 0.117. The summed E-state index contributed by atoms with van der Waals surface area (Å²) >= 11 is 2.60. The average molecular weight is 629 g/mol. The SMILES string of the molecule is COC(=O)C1=C(C(=O)OC)SC(=C(C#N)C(=O)OCCOC(=O)C(C#N)=C2SC(C(=O)OC)=C(C(=O)OC)S2)S1. The Bertz CT molecular complexity index is 1220. The fraction of sp³-hybridized carbons (Fsp3) is 0.273. The lowest BCUT2D eigenvalue weighted by molar-refractivity contribution is -0.146. The fourth-order valence-corrected chi connectivity index (χ4v) is 7.34. The van der Waals surface area contributed by atoms with Crippen LogP contribution in [0.5, 0.6) is 0 Å². The summed E-state index contributed by atoms with van der Waals surface area (Å²) in [4.78, 5) is 72.2. The van der Waals surface area contributed by atoms with Crippen molar-refractivity contribution in [3.05, 3.63) is 39.2 Å². The first-order valence-corrected chi connectivity index (χ1v) is 13.5. The van der Waals surface area contributed by atoms with Gasteiger partial charge in [-0.25, -0.2) is 28.8 Å². The van der Waals surface area contributed by atoms with E-state index >= 15 is 0 Å². The molecule has 0 unspecified atom stereocenters. The molecule has 0 atom stereocenters. The largest absolute Gasteiger partial charge is 0.465 e. The van der Waals surface area contributed by atoms with Crippen LogP contribution in [0.4, 0.5) is 0 Å². The highest BCUT2D eigenvalue weighted by molar-refractivity contribution is 8.29. The summed E-state index contributed by atoms with van der Waals surface area (Å²) in [5.74, 6) is -5.78. The van der Waals surface area contributed by atoms with Gasteiger partial charge in [0, 0.05) is 0 Å². The molecular formula is C22H16N2O12S4. The van der Waals surface area contributed by atoms with Gasteiger partial charge in [-0.2, -0.15) is 10.5 Å². The van der Waals surface area contributed by atoms with E-state index in [1.807, 2.05) is 0 Å². The standard InChI is InChI=1S/C22H16N2O12S4/c1-31-17(27)11-12(18(28)32-2)38-21(37-11)9(7-23)15(25)35-5-6-36-16(26)10(8-24)22-39-13(19(29)33-3)14(40-22)20(30)34-4/h5-6H2,1-4H3. The van der Waals surface area contributed by atoms with Gasteiger partial charge in [-0.05, 0) is 0 Å². The van der Waals surface area contributed by atoms with Crippen LogP contribution >= 0.6 is 47.0 Å². The Balaban J connectivity index is 2.06. The monoisotopic (exact) mass is 628 g/mol. The zero-order valence-electron chi connectivity index (χ0n) is 20.8. The van der Waals surface area contributed by atoms with Crippen molar-refractivity contribution in [2.24, 2.45) is 0 Å². The summed E-state index contributed by atoms with van der Waals surface area (Å²) in [5, 5.41) is 18.9. The van der Waals surface area contributed by atoms with Crippen LogP contribution in [0.25, 0.3) is 0 Å². The van der Waals surface area contributed by atoms with Crippen molar-refractivity contribution in [1.29, 1.82) is 10.5 Å². The van der Waals surface area contributed by atoms with Crippen LogP contribution in [0.15, 0.2) is 39.2 Å². The molecule has 2 rings (SSSR count). The maximum atomic E-state index is 12.5. The Hall–Kier alpha value is -3.84. The first kappa shape index (κ1) is 32.4. The molecule has 0 radical (unpaired) electrons. The van der Waals surface area contributed by atoms with Crippen molar-refractivity contribution in [2.45, 2.75) is 0 Å². The van der Waals surface area contributed by atoms with Crippen LogP contribution in [-0.4, -0.2) is 77.5 Å². The van der Waals surface area contributed by atoms with Crippen LogP contribution < -0.4 is 0 Å². The number of rotatable bonds is 9. The minimum Gasteiger partial charge on any atom is -0.465 e. The van der Waals surface area contributed by atoms with Gasteiger partial charge >= 0.3 is 35.8 Å². The maximum Gasteiger partial charge on any atom is 0.350 e. The molecule has 14 nitrogen and oxygen atoms in total. The smallest absolute Gasteiger partial charge is 0.350 e. The maximum absolute atomic E-state index is 12.5. The van der Waals surface area contributed by atoms with Gasteiger partial charge in [-0.1, -0.05) is 47.0 Å². The number of nitrogens with zero attached hydrogens (tertiary/aromatic N) is 2. The predicted molar refractivity (Wildman–Crippen MR) is 140 cm³/mol. The number of carbonyl (C=O) groups is 6. The average Bonchev–Trinajstić information content (AvgIpc) is 3.60. The highest BCUT2D eigenvalue weighted by Crippen LogP contribution is 2.52. The van der Waals surface area contributed by atoms with E-state index in [9.17, 15) is 39.3 Å². The van der Waals surface area contributed by atoms with Crippen molar-refractivity contribution >= 4 is 82.9 Å². The molecular weight excluding hydrogens is 613 g/mol. The van der Waals surface area contributed by atoms with Crippen molar-refractivity contribution in [1.82, 2.24) is 0 Å². The lowest BCUT2D eigenvalue weighted by Crippen LogP contribution is -2.16. The zero-order valence-corrected chi connectivity index (χ0v) is 24.1. The number of nitriles is 2. The zero-order chi connectivity index (χ0) is 30.0. The number of hydrogen-bond acceptors (Lipinski definition) is 18. The molecule has 0 fully saturated rings. The lowest BCUT2D eigenvalue weighted by Gasteiger charge is -2.07. The number of esters is 6. The third kappa shape index (κ3) is 7.42.